The lowest BCUT2D eigenvalue weighted by Crippen LogP contribution is -2.50. The number of rotatable bonds is 5. The molecule has 1 N–H and O–H groups in total. The van der Waals surface area contributed by atoms with Crippen LogP contribution in [-0.4, -0.2) is 62.3 Å². The second-order valence-electron chi connectivity index (χ2n) is 7.63. The van der Waals surface area contributed by atoms with Crippen LogP contribution in [0.1, 0.15) is 33.6 Å². The van der Waals surface area contributed by atoms with Crippen LogP contribution < -0.4 is 4.72 Å². The molecule has 0 aromatic heterocycles. The van der Waals surface area contributed by atoms with E-state index in [-0.39, 0.29) is 59.2 Å². The highest BCUT2D eigenvalue weighted by Crippen LogP contribution is 2.23. The summed E-state index contributed by atoms with van der Waals surface area (Å²) < 4.78 is 41.4. The van der Waals surface area contributed by atoms with Crippen LogP contribution in [0.4, 0.5) is 4.39 Å². The lowest BCUT2D eigenvalue weighted by Gasteiger charge is -2.35. The maximum absolute atomic E-state index is 14.0. The first kappa shape index (κ1) is 21.7. The number of amides is 2. The van der Waals surface area contributed by atoms with Crippen molar-refractivity contribution in [3.05, 3.63) is 64.4 Å². The Labute approximate surface area is 184 Å². The summed E-state index contributed by atoms with van der Waals surface area (Å²) in [5.74, 6) is -1.44. The van der Waals surface area contributed by atoms with E-state index in [0.717, 1.165) is 18.9 Å². The van der Waals surface area contributed by atoms with Gasteiger partial charge in [-0.15, -0.1) is 0 Å². The molecule has 10 heteroatoms. The number of sulfonamides is 1. The maximum atomic E-state index is 14.0. The number of nitrogens with one attached hydrogen (secondary N) is 1. The maximum Gasteiger partial charge on any atom is 0.257 e. The molecule has 1 saturated heterocycles. The van der Waals surface area contributed by atoms with Crippen molar-refractivity contribution in [2.24, 2.45) is 0 Å². The van der Waals surface area contributed by atoms with E-state index in [1.54, 1.807) is 11.0 Å². The predicted molar refractivity (Wildman–Crippen MR) is 113 cm³/mol. The highest BCUT2D eigenvalue weighted by atomic mass is 35.5. The summed E-state index contributed by atoms with van der Waals surface area (Å²) in [6.07, 6.45) is 1.64. The zero-order valence-corrected chi connectivity index (χ0v) is 18.1. The van der Waals surface area contributed by atoms with Crippen LogP contribution >= 0.6 is 11.6 Å². The molecule has 0 atom stereocenters. The quantitative estimate of drug-likeness (QED) is 0.735. The molecule has 2 aromatic rings. The number of halogens is 2. The molecular weight excluding hydrogens is 445 g/mol. The SMILES string of the molecule is O=C(c1cccc(S(=O)(=O)NC2CC2)c1)N1CCN(C(=O)c2cc(Cl)ccc2F)CC1. The molecule has 31 heavy (non-hydrogen) atoms. The summed E-state index contributed by atoms with van der Waals surface area (Å²) in [5, 5.41) is 0.268. The third-order valence-corrected chi connectivity index (χ3v) is 7.06. The van der Waals surface area contributed by atoms with E-state index in [9.17, 15) is 22.4 Å². The molecule has 0 unspecified atom stereocenters. The van der Waals surface area contributed by atoms with Gasteiger partial charge in [-0.2, -0.15) is 0 Å². The molecule has 2 aromatic carbocycles. The molecule has 1 aliphatic heterocycles. The summed E-state index contributed by atoms with van der Waals surface area (Å²) in [5.41, 5.74) is 0.160. The van der Waals surface area contributed by atoms with E-state index < -0.39 is 21.7 Å². The van der Waals surface area contributed by atoms with E-state index in [1.165, 1.54) is 35.2 Å². The molecule has 164 valence electrons. The predicted octanol–water partition coefficient (Wildman–Crippen LogP) is 2.52. The number of carbonyl (C=O) groups excluding carboxylic acids is 2. The van der Waals surface area contributed by atoms with Crippen molar-refractivity contribution in [1.82, 2.24) is 14.5 Å². The van der Waals surface area contributed by atoms with E-state index in [0.29, 0.717) is 0 Å². The standard InChI is InChI=1S/C21H21ClFN3O4S/c22-15-4-7-19(23)18(13-15)21(28)26-10-8-25(9-11-26)20(27)14-2-1-3-17(12-14)31(29,30)24-16-5-6-16/h1-4,7,12-13,16,24H,5-6,8-11H2. The van der Waals surface area contributed by atoms with Gasteiger partial charge in [0.25, 0.3) is 11.8 Å². The first-order chi connectivity index (χ1) is 14.7. The Kier molecular flexibility index (Phi) is 6.00. The zero-order chi connectivity index (χ0) is 22.2. The topological polar surface area (TPSA) is 86.8 Å². The minimum absolute atomic E-state index is 0.0284. The molecule has 2 fully saturated rings. The first-order valence-electron chi connectivity index (χ1n) is 9.90. The van der Waals surface area contributed by atoms with Crippen molar-refractivity contribution in [1.29, 1.82) is 0 Å². The molecular formula is C21H21ClFN3O4S. The van der Waals surface area contributed by atoms with Crippen molar-refractivity contribution < 1.29 is 22.4 Å². The summed E-state index contributed by atoms with van der Waals surface area (Å²) in [7, 11) is -3.66. The van der Waals surface area contributed by atoms with Gasteiger partial charge in [-0.05, 0) is 49.2 Å². The average molecular weight is 466 g/mol. The van der Waals surface area contributed by atoms with Gasteiger partial charge in [0.2, 0.25) is 10.0 Å². The monoisotopic (exact) mass is 465 g/mol. The lowest BCUT2D eigenvalue weighted by atomic mass is 10.1. The third kappa shape index (κ3) is 4.89. The van der Waals surface area contributed by atoms with Gasteiger partial charge >= 0.3 is 0 Å². The molecule has 2 amide bonds. The molecule has 4 rings (SSSR count). The largest absolute Gasteiger partial charge is 0.335 e. The second-order valence-corrected chi connectivity index (χ2v) is 9.78. The Hall–Kier alpha value is -2.49. The van der Waals surface area contributed by atoms with Crippen LogP contribution in [0.15, 0.2) is 47.4 Å². The van der Waals surface area contributed by atoms with Gasteiger partial charge in [-0.1, -0.05) is 17.7 Å². The lowest BCUT2D eigenvalue weighted by molar-refractivity contribution is 0.0532. The van der Waals surface area contributed by atoms with Gasteiger partial charge in [0.05, 0.1) is 10.5 Å². The number of hydrogen-bond acceptors (Lipinski definition) is 4. The van der Waals surface area contributed by atoms with Gasteiger partial charge in [0.1, 0.15) is 5.82 Å². The first-order valence-corrected chi connectivity index (χ1v) is 11.8. The van der Waals surface area contributed by atoms with Crippen LogP contribution in [-0.2, 0) is 10.0 Å². The fourth-order valence-corrected chi connectivity index (χ4v) is 4.93. The number of hydrogen-bond donors (Lipinski definition) is 1. The second kappa shape index (κ2) is 8.57. The summed E-state index contributed by atoms with van der Waals surface area (Å²) >= 11 is 5.87. The summed E-state index contributed by atoms with van der Waals surface area (Å²) in [6, 6.07) is 9.71. The van der Waals surface area contributed by atoms with Crippen molar-refractivity contribution in [2.45, 2.75) is 23.8 Å². The third-order valence-electron chi connectivity index (χ3n) is 5.30. The molecule has 1 heterocycles. The Bertz CT molecular complexity index is 1130. The normalized spacial score (nSPS) is 17.0. The molecule has 2 aliphatic rings. The smallest absolute Gasteiger partial charge is 0.257 e. The Morgan fingerprint density at radius 1 is 0.968 bits per heavy atom. The summed E-state index contributed by atoms with van der Waals surface area (Å²) in [6.45, 7) is 0.976. The number of benzene rings is 2. The van der Waals surface area contributed by atoms with Crippen molar-refractivity contribution in [2.75, 3.05) is 26.2 Å². The molecule has 7 nitrogen and oxygen atoms in total. The van der Waals surface area contributed by atoms with Crippen molar-refractivity contribution in [3.8, 4) is 0 Å². The van der Waals surface area contributed by atoms with Crippen LogP contribution in [0.2, 0.25) is 5.02 Å². The summed E-state index contributed by atoms with van der Waals surface area (Å²) in [4.78, 5) is 28.6. The molecule has 0 spiro atoms. The highest BCUT2D eigenvalue weighted by molar-refractivity contribution is 7.89. The van der Waals surface area contributed by atoms with Crippen molar-refractivity contribution >= 4 is 33.4 Å². The van der Waals surface area contributed by atoms with Gasteiger partial charge in [0.15, 0.2) is 0 Å². The molecule has 0 bridgehead atoms. The molecule has 1 aliphatic carbocycles. The Balaban J connectivity index is 1.42. The number of nitrogens with zero attached hydrogens (tertiary/aromatic N) is 2. The zero-order valence-electron chi connectivity index (χ0n) is 16.6. The fourth-order valence-electron chi connectivity index (χ4n) is 3.41. The van der Waals surface area contributed by atoms with E-state index in [4.69, 9.17) is 11.6 Å². The Morgan fingerprint density at radius 2 is 1.61 bits per heavy atom. The van der Waals surface area contributed by atoms with Gasteiger partial charge in [0, 0.05) is 42.8 Å². The van der Waals surface area contributed by atoms with Crippen LogP contribution in [0.5, 0.6) is 0 Å². The minimum Gasteiger partial charge on any atom is -0.335 e. The van der Waals surface area contributed by atoms with Gasteiger partial charge in [-0.3, -0.25) is 9.59 Å². The fraction of sp³-hybridized carbons (Fsp3) is 0.333. The highest BCUT2D eigenvalue weighted by Gasteiger charge is 2.30. The van der Waals surface area contributed by atoms with Gasteiger partial charge < -0.3 is 9.80 Å². The van der Waals surface area contributed by atoms with E-state index in [1.807, 2.05) is 0 Å². The van der Waals surface area contributed by atoms with Crippen LogP contribution in [0.25, 0.3) is 0 Å². The van der Waals surface area contributed by atoms with Crippen LogP contribution in [0.3, 0.4) is 0 Å². The van der Waals surface area contributed by atoms with E-state index >= 15 is 0 Å². The van der Waals surface area contributed by atoms with Crippen LogP contribution in [0, 0.1) is 5.82 Å². The van der Waals surface area contributed by atoms with E-state index in [2.05, 4.69) is 4.72 Å². The molecule has 1 saturated carbocycles. The van der Waals surface area contributed by atoms with Gasteiger partial charge in [-0.25, -0.2) is 17.5 Å². The minimum atomic E-state index is -3.66. The van der Waals surface area contributed by atoms with Crippen molar-refractivity contribution in [3.63, 3.8) is 0 Å². The Morgan fingerprint density at radius 3 is 2.26 bits per heavy atom. The average Bonchev–Trinajstić information content (AvgIpc) is 3.58. The molecule has 0 radical (unpaired) electrons. The number of piperazine rings is 1. The number of carbonyl (C=O) groups is 2.